The number of aliphatic hydroxyl groups excluding tert-OH is 2. The Hall–Kier alpha value is -3.12. The van der Waals surface area contributed by atoms with Gasteiger partial charge in [-0.25, -0.2) is 13.4 Å². The third kappa shape index (κ3) is 5.50. The van der Waals surface area contributed by atoms with Gasteiger partial charge in [-0.1, -0.05) is 36.1 Å². The molecule has 2 aromatic carbocycles. The van der Waals surface area contributed by atoms with E-state index in [4.69, 9.17) is 4.74 Å². The second kappa shape index (κ2) is 10.0. The van der Waals surface area contributed by atoms with Crippen LogP contribution in [0.2, 0.25) is 0 Å². The van der Waals surface area contributed by atoms with Gasteiger partial charge in [-0.3, -0.25) is 0 Å². The number of imidazole rings is 1. The topological polar surface area (TPSA) is 102 Å². The summed E-state index contributed by atoms with van der Waals surface area (Å²) in [6, 6.07) is 15.0. The lowest BCUT2D eigenvalue weighted by atomic mass is 9.95. The number of aromatic nitrogens is 2. The monoisotopic (exact) mass is 480 g/mol. The van der Waals surface area contributed by atoms with Crippen LogP contribution in [-0.4, -0.2) is 52.4 Å². The number of rotatable bonds is 7. The molecule has 4 rings (SSSR count). The molecule has 1 heterocycles. The predicted octanol–water partition coefficient (Wildman–Crippen LogP) is 3.14. The van der Waals surface area contributed by atoms with Gasteiger partial charge in [0, 0.05) is 37.1 Å². The molecule has 0 radical (unpaired) electrons. The van der Waals surface area contributed by atoms with Crippen molar-refractivity contribution in [2.45, 2.75) is 43.3 Å². The minimum absolute atomic E-state index is 0.0508. The molecular formula is C26H28N2O5S. The van der Waals surface area contributed by atoms with Gasteiger partial charge in [0.05, 0.1) is 11.9 Å². The highest BCUT2D eigenvalue weighted by Crippen LogP contribution is 2.31. The van der Waals surface area contributed by atoms with Crippen LogP contribution in [0.5, 0.6) is 5.75 Å². The first-order valence-corrected chi connectivity index (χ1v) is 13.1. The second-order valence-corrected chi connectivity index (χ2v) is 10.9. The average Bonchev–Trinajstić information content (AvgIpc) is 3.27. The standard InChI is InChI=1S/C26H28N2O5S/c1-18(30)26-27-13-14-28(26)22(17-29)10-5-19-3-6-20(7-4-19)21-8-11-23(12-9-21)33-24-15-25(16-24)34(2,31)32/h3-4,6-9,11-14,18,22,24-25,29-30H,15-17H2,1-2H3/t18-,22-,24?,25?/m0/s1. The van der Waals surface area contributed by atoms with Gasteiger partial charge in [0.2, 0.25) is 0 Å². The summed E-state index contributed by atoms with van der Waals surface area (Å²) in [5.74, 6) is 7.33. The summed E-state index contributed by atoms with van der Waals surface area (Å²) in [6.07, 6.45) is 4.84. The lowest BCUT2D eigenvalue weighted by Gasteiger charge is -2.33. The van der Waals surface area contributed by atoms with Crippen LogP contribution in [0.25, 0.3) is 11.1 Å². The van der Waals surface area contributed by atoms with Crippen LogP contribution in [0.1, 0.15) is 43.3 Å². The molecule has 2 N–H and O–H groups in total. The van der Waals surface area contributed by atoms with E-state index in [1.165, 1.54) is 6.26 Å². The van der Waals surface area contributed by atoms with E-state index in [2.05, 4.69) is 16.8 Å². The summed E-state index contributed by atoms with van der Waals surface area (Å²) < 4.78 is 30.6. The van der Waals surface area contributed by atoms with Gasteiger partial charge in [-0.15, -0.1) is 0 Å². The summed E-state index contributed by atoms with van der Waals surface area (Å²) >= 11 is 0. The molecule has 1 saturated carbocycles. The molecule has 1 aliphatic carbocycles. The van der Waals surface area contributed by atoms with Crippen LogP contribution in [0.15, 0.2) is 60.9 Å². The number of benzene rings is 2. The van der Waals surface area contributed by atoms with E-state index in [0.29, 0.717) is 18.7 Å². The molecule has 0 saturated heterocycles. The smallest absolute Gasteiger partial charge is 0.150 e. The third-order valence-electron chi connectivity index (χ3n) is 6.00. The SMILES string of the molecule is C[C@H](O)c1nccn1[C@@H](C#Cc1ccc(-c2ccc(OC3CC(S(C)(=O)=O)C3)cc2)cc1)CO. The molecule has 0 spiro atoms. The number of sulfone groups is 1. The molecular weight excluding hydrogens is 452 g/mol. The fourth-order valence-electron chi connectivity index (χ4n) is 3.91. The van der Waals surface area contributed by atoms with E-state index >= 15 is 0 Å². The zero-order chi connectivity index (χ0) is 24.3. The van der Waals surface area contributed by atoms with Crippen molar-refractivity contribution in [3.05, 3.63) is 72.3 Å². The van der Waals surface area contributed by atoms with Crippen molar-refractivity contribution in [3.63, 3.8) is 0 Å². The first kappa shape index (κ1) is 24.0. The summed E-state index contributed by atoms with van der Waals surface area (Å²) in [4.78, 5) is 4.13. The van der Waals surface area contributed by atoms with E-state index in [0.717, 1.165) is 22.4 Å². The van der Waals surface area contributed by atoms with Crippen molar-refractivity contribution >= 4 is 9.84 Å². The Balaban J connectivity index is 1.39. The third-order valence-corrected chi connectivity index (χ3v) is 7.59. The number of hydrogen-bond acceptors (Lipinski definition) is 6. The van der Waals surface area contributed by atoms with Crippen LogP contribution in [0.3, 0.4) is 0 Å². The van der Waals surface area contributed by atoms with Gasteiger partial charge in [-0.2, -0.15) is 0 Å². The molecule has 1 aromatic heterocycles. The highest BCUT2D eigenvalue weighted by molar-refractivity contribution is 7.91. The molecule has 0 amide bonds. The molecule has 178 valence electrons. The summed E-state index contributed by atoms with van der Waals surface area (Å²) in [5.41, 5.74) is 2.87. The fraction of sp³-hybridized carbons (Fsp3) is 0.346. The van der Waals surface area contributed by atoms with Gasteiger partial charge in [0.25, 0.3) is 0 Å². The maximum Gasteiger partial charge on any atom is 0.150 e. The summed E-state index contributed by atoms with van der Waals surface area (Å²) in [5, 5.41) is 19.3. The highest BCUT2D eigenvalue weighted by atomic mass is 32.2. The Labute approximate surface area is 200 Å². The van der Waals surface area contributed by atoms with Crippen LogP contribution in [-0.2, 0) is 9.84 Å². The van der Waals surface area contributed by atoms with Gasteiger partial charge in [-0.05, 0) is 42.3 Å². The fourth-order valence-corrected chi connectivity index (χ4v) is 5.04. The Morgan fingerprint density at radius 2 is 1.74 bits per heavy atom. The number of nitrogens with zero attached hydrogens (tertiary/aromatic N) is 2. The number of ether oxygens (including phenoxy) is 1. The molecule has 0 unspecified atom stereocenters. The Morgan fingerprint density at radius 1 is 1.12 bits per heavy atom. The minimum Gasteiger partial charge on any atom is -0.490 e. The van der Waals surface area contributed by atoms with Crippen molar-refractivity contribution in [3.8, 4) is 28.7 Å². The summed E-state index contributed by atoms with van der Waals surface area (Å²) in [7, 11) is -2.98. The lowest BCUT2D eigenvalue weighted by Crippen LogP contribution is -2.42. The predicted molar refractivity (Wildman–Crippen MR) is 130 cm³/mol. The minimum atomic E-state index is -2.98. The quantitative estimate of drug-likeness (QED) is 0.504. The van der Waals surface area contributed by atoms with Crippen molar-refractivity contribution in [2.75, 3.05) is 12.9 Å². The van der Waals surface area contributed by atoms with Crippen molar-refractivity contribution in [2.24, 2.45) is 0 Å². The van der Waals surface area contributed by atoms with Gasteiger partial charge < -0.3 is 19.5 Å². The van der Waals surface area contributed by atoms with E-state index in [9.17, 15) is 18.6 Å². The molecule has 0 bridgehead atoms. The number of aliphatic hydroxyl groups is 2. The Kier molecular flexibility index (Phi) is 7.08. The zero-order valence-corrected chi connectivity index (χ0v) is 19.9. The highest BCUT2D eigenvalue weighted by Gasteiger charge is 2.37. The van der Waals surface area contributed by atoms with Gasteiger partial charge in [0.15, 0.2) is 9.84 Å². The lowest BCUT2D eigenvalue weighted by molar-refractivity contribution is 0.123. The van der Waals surface area contributed by atoms with E-state index in [1.54, 1.807) is 23.9 Å². The Bertz CT molecular complexity index is 1280. The van der Waals surface area contributed by atoms with Crippen molar-refractivity contribution in [1.29, 1.82) is 0 Å². The average molecular weight is 481 g/mol. The molecule has 34 heavy (non-hydrogen) atoms. The molecule has 2 atom stereocenters. The molecule has 8 heteroatoms. The number of hydrogen-bond donors (Lipinski definition) is 2. The first-order chi connectivity index (χ1) is 16.2. The van der Waals surface area contributed by atoms with Crippen molar-refractivity contribution in [1.82, 2.24) is 9.55 Å². The first-order valence-electron chi connectivity index (χ1n) is 11.1. The van der Waals surface area contributed by atoms with Crippen LogP contribution >= 0.6 is 0 Å². The Morgan fingerprint density at radius 3 is 2.29 bits per heavy atom. The van der Waals surface area contributed by atoms with Gasteiger partial charge in [0.1, 0.15) is 29.8 Å². The van der Waals surface area contributed by atoms with E-state index < -0.39 is 22.0 Å². The zero-order valence-electron chi connectivity index (χ0n) is 19.1. The summed E-state index contributed by atoms with van der Waals surface area (Å²) in [6.45, 7) is 1.44. The largest absolute Gasteiger partial charge is 0.490 e. The maximum atomic E-state index is 11.5. The van der Waals surface area contributed by atoms with Gasteiger partial charge >= 0.3 is 0 Å². The normalized spacial score (nSPS) is 19.4. The maximum absolute atomic E-state index is 11.5. The molecule has 0 aliphatic heterocycles. The van der Waals surface area contributed by atoms with Crippen LogP contribution in [0, 0.1) is 11.8 Å². The molecule has 1 aliphatic rings. The molecule has 7 nitrogen and oxygen atoms in total. The van der Waals surface area contributed by atoms with Crippen LogP contribution in [0.4, 0.5) is 0 Å². The van der Waals surface area contributed by atoms with E-state index in [1.807, 2.05) is 48.5 Å². The second-order valence-electron chi connectivity index (χ2n) is 8.60. The van der Waals surface area contributed by atoms with Crippen LogP contribution < -0.4 is 4.74 Å². The van der Waals surface area contributed by atoms with E-state index in [-0.39, 0.29) is 18.0 Å². The molecule has 1 fully saturated rings. The molecule has 3 aromatic rings. The van der Waals surface area contributed by atoms with Crippen molar-refractivity contribution < 1.29 is 23.4 Å².